The molecule has 0 saturated carbocycles. The molecule has 0 spiro atoms. The van der Waals surface area contributed by atoms with E-state index in [4.69, 9.17) is 0 Å². The number of carbonyl (C=O) groups excluding carboxylic acids is 1. The van der Waals surface area contributed by atoms with E-state index in [9.17, 15) is 9.18 Å². The molecule has 2 nitrogen and oxygen atoms in total. The van der Waals surface area contributed by atoms with Gasteiger partial charge in [0.2, 0.25) is 0 Å². The second kappa shape index (κ2) is 5.40. The summed E-state index contributed by atoms with van der Waals surface area (Å²) in [6.07, 6.45) is 2.56. The third kappa shape index (κ3) is 2.83. The Morgan fingerprint density at radius 2 is 2.24 bits per heavy atom. The van der Waals surface area contributed by atoms with Crippen LogP contribution in [-0.4, -0.2) is 32.3 Å². The number of pyridine rings is 1. The van der Waals surface area contributed by atoms with Crippen molar-refractivity contribution in [1.82, 2.24) is 4.98 Å². The minimum absolute atomic E-state index is 0.110. The SMILES string of the molecule is CC1SCC(C(=O)c2ccncc2F)SC1C. The van der Waals surface area contributed by atoms with Crippen molar-refractivity contribution in [3.8, 4) is 0 Å². The largest absolute Gasteiger partial charge is 0.293 e. The average molecular weight is 271 g/mol. The van der Waals surface area contributed by atoms with Gasteiger partial charge in [0.25, 0.3) is 0 Å². The van der Waals surface area contributed by atoms with Crippen LogP contribution in [0.15, 0.2) is 18.5 Å². The smallest absolute Gasteiger partial charge is 0.179 e. The third-order valence-corrected chi connectivity index (χ3v) is 6.27. The van der Waals surface area contributed by atoms with Crippen molar-refractivity contribution in [2.45, 2.75) is 29.6 Å². The molecule has 0 aromatic carbocycles. The van der Waals surface area contributed by atoms with Crippen LogP contribution in [0.3, 0.4) is 0 Å². The summed E-state index contributed by atoms with van der Waals surface area (Å²) in [5.41, 5.74) is 0.167. The highest BCUT2D eigenvalue weighted by Crippen LogP contribution is 2.37. The fraction of sp³-hybridized carbons (Fsp3) is 0.500. The zero-order chi connectivity index (χ0) is 12.4. The van der Waals surface area contributed by atoms with Gasteiger partial charge in [0.1, 0.15) is 0 Å². The Kier molecular flexibility index (Phi) is 4.09. The summed E-state index contributed by atoms with van der Waals surface area (Å²) in [6.45, 7) is 4.28. The number of thioether (sulfide) groups is 2. The molecule has 0 radical (unpaired) electrons. The highest BCUT2D eigenvalue weighted by molar-refractivity contribution is 8.08. The lowest BCUT2D eigenvalue weighted by Crippen LogP contribution is -2.32. The van der Waals surface area contributed by atoms with Gasteiger partial charge in [-0.2, -0.15) is 11.8 Å². The van der Waals surface area contributed by atoms with Crippen molar-refractivity contribution in [2.75, 3.05) is 5.75 Å². The van der Waals surface area contributed by atoms with Crippen LogP contribution in [0.2, 0.25) is 0 Å². The number of Topliss-reactive ketones (excluding diaryl/α,β-unsaturated/α-hetero) is 1. The first kappa shape index (κ1) is 12.9. The Balaban J connectivity index is 2.14. The van der Waals surface area contributed by atoms with E-state index in [-0.39, 0.29) is 16.6 Å². The molecule has 2 rings (SSSR count). The summed E-state index contributed by atoms with van der Waals surface area (Å²) in [4.78, 5) is 15.8. The predicted octanol–water partition coefficient (Wildman–Crippen LogP) is 3.03. The molecular formula is C12H14FNOS2. The molecule has 3 unspecified atom stereocenters. The average Bonchev–Trinajstić information content (AvgIpc) is 2.32. The van der Waals surface area contributed by atoms with E-state index in [0.29, 0.717) is 10.5 Å². The molecule has 2 heterocycles. The molecule has 17 heavy (non-hydrogen) atoms. The van der Waals surface area contributed by atoms with Crippen molar-refractivity contribution in [1.29, 1.82) is 0 Å². The molecule has 0 aliphatic carbocycles. The maximum atomic E-state index is 13.5. The summed E-state index contributed by atoms with van der Waals surface area (Å²) >= 11 is 3.43. The highest BCUT2D eigenvalue weighted by atomic mass is 32.2. The monoisotopic (exact) mass is 271 g/mol. The van der Waals surface area contributed by atoms with Crippen molar-refractivity contribution in [3.63, 3.8) is 0 Å². The molecular weight excluding hydrogens is 257 g/mol. The van der Waals surface area contributed by atoms with E-state index in [0.717, 1.165) is 11.9 Å². The zero-order valence-electron chi connectivity index (χ0n) is 9.72. The maximum absolute atomic E-state index is 13.5. The van der Waals surface area contributed by atoms with E-state index >= 15 is 0 Å². The molecule has 0 N–H and O–H groups in total. The number of aromatic nitrogens is 1. The van der Waals surface area contributed by atoms with E-state index in [1.807, 2.05) is 0 Å². The minimum Gasteiger partial charge on any atom is -0.293 e. The first-order valence-electron chi connectivity index (χ1n) is 5.50. The lowest BCUT2D eigenvalue weighted by atomic mass is 10.1. The zero-order valence-corrected chi connectivity index (χ0v) is 11.4. The Hall–Kier alpha value is -0.550. The number of hydrogen-bond acceptors (Lipinski definition) is 4. The summed E-state index contributed by atoms with van der Waals surface area (Å²) in [5, 5.41) is 0.835. The van der Waals surface area contributed by atoms with Crippen LogP contribution in [-0.2, 0) is 0 Å². The van der Waals surface area contributed by atoms with Crippen molar-refractivity contribution < 1.29 is 9.18 Å². The molecule has 5 heteroatoms. The van der Waals surface area contributed by atoms with Crippen LogP contribution in [0.4, 0.5) is 4.39 Å². The first-order valence-corrected chi connectivity index (χ1v) is 7.49. The molecule has 92 valence electrons. The third-order valence-electron chi connectivity index (χ3n) is 2.88. The number of rotatable bonds is 2. The highest BCUT2D eigenvalue weighted by Gasteiger charge is 2.31. The Morgan fingerprint density at radius 1 is 1.47 bits per heavy atom. The minimum atomic E-state index is -0.519. The Labute approximate surface area is 109 Å². The number of nitrogens with zero attached hydrogens (tertiary/aromatic N) is 1. The van der Waals surface area contributed by atoms with Crippen molar-refractivity contribution >= 4 is 29.3 Å². The summed E-state index contributed by atoms with van der Waals surface area (Å²) in [5.74, 6) is 0.132. The summed E-state index contributed by atoms with van der Waals surface area (Å²) in [6, 6.07) is 1.46. The normalized spacial score (nSPS) is 29.0. The standard InChI is InChI=1S/C12H14FNOS2/c1-7-8(2)17-11(6-16-7)12(15)9-3-4-14-5-10(9)13/h3-5,7-8,11H,6H2,1-2H3. The number of halogens is 1. The predicted molar refractivity (Wildman–Crippen MR) is 71.3 cm³/mol. The molecule has 1 aromatic heterocycles. The molecule has 3 atom stereocenters. The van der Waals surface area contributed by atoms with Crippen molar-refractivity contribution in [3.05, 3.63) is 29.8 Å². The van der Waals surface area contributed by atoms with E-state index in [1.54, 1.807) is 23.5 Å². The van der Waals surface area contributed by atoms with Gasteiger partial charge in [-0.25, -0.2) is 4.39 Å². The van der Waals surface area contributed by atoms with Gasteiger partial charge in [-0.15, -0.1) is 11.8 Å². The van der Waals surface area contributed by atoms with Crippen LogP contribution in [0.25, 0.3) is 0 Å². The van der Waals surface area contributed by atoms with Gasteiger partial charge in [-0.05, 0) is 6.07 Å². The molecule has 1 aromatic rings. The summed E-state index contributed by atoms with van der Waals surface area (Å²) in [7, 11) is 0. The molecule has 1 aliphatic rings. The lowest BCUT2D eigenvalue weighted by molar-refractivity contribution is 0.0990. The van der Waals surface area contributed by atoms with Crippen LogP contribution >= 0.6 is 23.5 Å². The lowest BCUT2D eigenvalue weighted by Gasteiger charge is -2.30. The second-order valence-electron chi connectivity index (χ2n) is 4.09. The molecule has 0 bridgehead atoms. The quantitative estimate of drug-likeness (QED) is 0.773. The van der Waals surface area contributed by atoms with Crippen LogP contribution in [0.5, 0.6) is 0 Å². The van der Waals surface area contributed by atoms with Gasteiger partial charge in [0.15, 0.2) is 11.6 Å². The van der Waals surface area contributed by atoms with Gasteiger partial charge in [0, 0.05) is 22.4 Å². The fourth-order valence-electron chi connectivity index (χ4n) is 1.67. The van der Waals surface area contributed by atoms with E-state index in [2.05, 4.69) is 18.8 Å². The Morgan fingerprint density at radius 3 is 2.88 bits per heavy atom. The fourth-order valence-corrected chi connectivity index (χ4v) is 4.54. The molecule has 1 saturated heterocycles. The number of carbonyl (C=O) groups is 1. The van der Waals surface area contributed by atoms with Gasteiger partial charge in [-0.1, -0.05) is 13.8 Å². The van der Waals surface area contributed by atoms with Gasteiger partial charge >= 0.3 is 0 Å². The van der Waals surface area contributed by atoms with Gasteiger partial charge in [-0.3, -0.25) is 9.78 Å². The molecule has 1 fully saturated rings. The van der Waals surface area contributed by atoms with Crippen LogP contribution in [0.1, 0.15) is 24.2 Å². The van der Waals surface area contributed by atoms with E-state index < -0.39 is 5.82 Å². The van der Waals surface area contributed by atoms with Gasteiger partial charge < -0.3 is 0 Å². The number of ketones is 1. The van der Waals surface area contributed by atoms with Crippen LogP contribution in [0, 0.1) is 5.82 Å². The molecule has 1 aliphatic heterocycles. The van der Waals surface area contributed by atoms with E-state index in [1.165, 1.54) is 12.3 Å². The molecule has 0 amide bonds. The van der Waals surface area contributed by atoms with Gasteiger partial charge in [0.05, 0.1) is 17.0 Å². The topological polar surface area (TPSA) is 30.0 Å². The van der Waals surface area contributed by atoms with Crippen molar-refractivity contribution in [2.24, 2.45) is 0 Å². The Bertz CT molecular complexity index is 427. The maximum Gasteiger partial charge on any atom is 0.179 e. The number of hydrogen-bond donors (Lipinski definition) is 0. The first-order chi connectivity index (χ1) is 8.09. The summed E-state index contributed by atoms with van der Waals surface area (Å²) < 4.78 is 13.5. The van der Waals surface area contributed by atoms with Crippen LogP contribution < -0.4 is 0 Å². The second-order valence-corrected chi connectivity index (χ2v) is 7.08.